The molecule has 0 unspecified atom stereocenters. The van der Waals surface area contributed by atoms with Crippen LogP contribution >= 0.6 is 15.9 Å². The Morgan fingerprint density at radius 1 is 1.59 bits per heavy atom. The van der Waals surface area contributed by atoms with Gasteiger partial charge in [-0.15, -0.1) is 0 Å². The van der Waals surface area contributed by atoms with E-state index in [1.165, 1.54) is 12.1 Å². The maximum atomic E-state index is 13.0. The molecule has 1 fully saturated rings. The second kappa shape index (κ2) is 5.04. The standard InChI is InChI=1S/C12H14BrFN2O/c1-16(9-3-4-9)12(17)7-15-11-6-8(14)2-5-10(11)13/h2,5-6,9,15H,3-4,7H2,1H3. The van der Waals surface area contributed by atoms with E-state index in [1.54, 1.807) is 11.0 Å². The number of anilines is 1. The van der Waals surface area contributed by atoms with Gasteiger partial charge in [-0.05, 0) is 47.0 Å². The van der Waals surface area contributed by atoms with Gasteiger partial charge in [0.25, 0.3) is 0 Å². The van der Waals surface area contributed by atoms with E-state index in [9.17, 15) is 9.18 Å². The van der Waals surface area contributed by atoms with Crippen LogP contribution in [0.4, 0.5) is 10.1 Å². The molecule has 1 aromatic carbocycles. The average Bonchev–Trinajstić information content (AvgIpc) is 3.13. The molecule has 1 aliphatic carbocycles. The quantitative estimate of drug-likeness (QED) is 0.927. The Balaban J connectivity index is 1.92. The van der Waals surface area contributed by atoms with Gasteiger partial charge in [0, 0.05) is 17.6 Å². The van der Waals surface area contributed by atoms with E-state index in [-0.39, 0.29) is 18.3 Å². The molecule has 1 amide bonds. The molecule has 0 radical (unpaired) electrons. The Bertz CT molecular complexity index is 435. The average molecular weight is 301 g/mol. The van der Waals surface area contributed by atoms with E-state index in [2.05, 4.69) is 21.2 Å². The minimum Gasteiger partial charge on any atom is -0.375 e. The third-order valence-corrected chi connectivity index (χ3v) is 3.54. The molecule has 2 rings (SSSR count). The van der Waals surface area contributed by atoms with Crippen molar-refractivity contribution in [2.75, 3.05) is 18.9 Å². The first-order valence-corrected chi connectivity index (χ1v) is 6.32. The Morgan fingerprint density at radius 2 is 2.29 bits per heavy atom. The number of hydrogen-bond donors (Lipinski definition) is 1. The highest BCUT2D eigenvalue weighted by atomic mass is 79.9. The maximum absolute atomic E-state index is 13.0. The maximum Gasteiger partial charge on any atom is 0.241 e. The van der Waals surface area contributed by atoms with E-state index in [1.807, 2.05) is 7.05 Å². The van der Waals surface area contributed by atoms with Gasteiger partial charge in [0.05, 0.1) is 12.2 Å². The highest BCUT2D eigenvalue weighted by Gasteiger charge is 2.29. The van der Waals surface area contributed by atoms with Crippen molar-refractivity contribution in [1.82, 2.24) is 4.90 Å². The van der Waals surface area contributed by atoms with Crippen LogP contribution in [-0.2, 0) is 4.79 Å². The molecule has 0 aromatic heterocycles. The number of nitrogens with one attached hydrogen (secondary N) is 1. The zero-order valence-corrected chi connectivity index (χ0v) is 11.1. The molecule has 0 heterocycles. The summed E-state index contributed by atoms with van der Waals surface area (Å²) in [7, 11) is 1.81. The van der Waals surface area contributed by atoms with E-state index in [4.69, 9.17) is 0 Å². The summed E-state index contributed by atoms with van der Waals surface area (Å²) in [4.78, 5) is 13.5. The lowest BCUT2D eigenvalue weighted by Crippen LogP contribution is -2.33. The molecule has 0 spiro atoms. The summed E-state index contributed by atoms with van der Waals surface area (Å²) in [6, 6.07) is 4.76. The van der Waals surface area contributed by atoms with Crippen LogP contribution in [0.5, 0.6) is 0 Å². The third-order valence-electron chi connectivity index (χ3n) is 2.85. The fourth-order valence-corrected chi connectivity index (χ4v) is 1.98. The molecule has 1 saturated carbocycles. The lowest BCUT2D eigenvalue weighted by atomic mass is 10.3. The van der Waals surface area contributed by atoms with Gasteiger partial charge in [-0.25, -0.2) is 4.39 Å². The summed E-state index contributed by atoms with van der Waals surface area (Å²) in [5, 5.41) is 2.94. The smallest absolute Gasteiger partial charge is 0.241 e. The minimum absolute atomic E-state index is 0.0312. The SMILES string of the molecule is CN(C(=O)CNc1cc(F)ccc1Br)C1CC1. The van der Waals surface area contributed by atoms with Crippen LogP contribution < -0.4 is 5.32 Å². The number of likely N-dealkylation sites (N-methyl/N-ethyl adjacent to an activating group) is 1. The summed E-state index contributed by atoms with van der Waals surface area (Å²) in [5.41, 5.74) is 0.600. The van der Waals surface area contributed by atoms with Gasteiger partial charge in [-0.2, -0.15) is 0 Å². The highest BCUT2D eigenvalue weighted by molar-refractivity contribution is 9.10. The van der Waals surface area contributed by atoms with E-state index < -0.39 is 0 Å². The molecule has 5 heteroatoms. The van der Waals surface area contributed by atoms with Gasteiger partial charge < -0.3 is 10.2 Å². The van der Waals surface area contributed by atoms with E-state index in [0.29, 0.717) is 11.7 Å². The first-order chi connectivity index (χ1) is 8.08. The summed E-state index contributed by atoms with van der Waals surface area (Å²) in [6.45, 7) is 0.190. The van der Waals surface area contributed by atoms with Crippen molar-refractivity contribution >= 4 is 27.5 Å². The Labute approximate surface area is 108 Å². The number of carbonyl (C=O) groups excluding carboxylic acids is 1. The van der Waals surface area contributed by atoms with Crippen LogP contribution in [0.3, 0.4) is 0 Å². The third kappa shape index (κ3) is 3.19. The fourth-order valence-electron chi connectivity index (χ4n) is 1.59. The van der Waals surface area contributed by atoms with Crippen molar-refractivity contribution in [3.05, 3.63) is 28.5 Å². The molecule has 0 atom stereocenters. The van der Waals surface area contributed by atoms with E-state index >= 15 is 0 Å². The predicted molar refractivity (Wildman–Crippen MR) is 68.4 cm³/mol. The predicted octanol–water partition coefficient (Wildman–Crippen LogP) is 2.62. The van der Waals surface area contributed by atoms with Gasteiger partial charge in [0.1, 0.15) is 5.82 Å². The molecular weight excluding hydrogens is 287 g/mol. The number of benzene rings is 1. The summed E-state index contributed by atoms with van der Waals surface area (Å²) in [6.07, 6.45) is 2.18. The van der Waals surface area contributed by atoms with Crippen molar-refractivity contribution in [3.63, 3.8) is 0 Å². The van der Waals surface area contributed by atoms with E-state index in [0.717, 1.165) is 17.3 Å². The van der Waals surface area contributed by atoms with Crippen LogP contribution in [-0.4, -0.2) is 30.4 Å². The van der Waals surface area contributed by atoms with Gasteiger partial charge in [0.15, 0.2) is 0 Å². The van der Waals surface area contributed by atoms with Crippen LogP contribution in [0.15, 0.2) is 22.7 Å². The molecule has 0 bridgehead atoms. The van der Waals surface area contributed by atoms with Crippen molar-refractivity contribution < 1.29 is 9.18 Å². The monoisotopic (exact) mass is 300 g/mol. The number of hydrogen-bond acceptors (Lipinski definition) is 2. The summed E-state index contributed by atoms with van der Waals surface area (Å²) in [5.74, 6) is -0.289. The van der Waals surface area contributed by atoms with Crippen LogP contribution in [0.1, 0.15) is 12.8 Å². The molecule has 0 saturated heterocycles. The van der Waals surface area contributed by atoms with Crippen molar-refractivity contribution in [2.24, 2.45) is 0 Å². The van der Waals surface area contributed by atoms with Crippen molar-refractivity contribution in [3.8, 4) is 0 Å². The summed E-state index contributed by atoms with van der Waals surface area (Å²) < 4.78 is 13.8. The van der Waals surface area contributed by atoms with Gasteiger partial charge in [-0.3, -0.25) is 4.79 Å². The number of halogens is 2. The molecule has 1 aliphatic rings. The molecular formula is C12H14BrFN2O. The Kier molecular flexibility index (Phi) is 3.66. The van der Waals surface area contributed by atoms with Gasteiger partial charge >= 0.3 is 0 Å². The summed E-state index contributed by atoms with van der Waals surface area (Å²) >= 11 is 3.30. The van der Waals surface area contributed by atoms with Gasteiger partial charge in [0.2, 0.25) is 5.91 Å². The normalized spacial score (nSPS) is 14.5. The molecule has 1 N–H and O–H groups in total. The number of nitrogens with zero attached hydrogens (tertiary/aromatic N) is 1. The second-order valence-corrected chi connectivity index (χ2v) is 5.07. The largest absolute Gasteiger partial charge is 0.375 e. The Hall–Kier alpha value is -1.10. The molecule has 17 heavy (non-hydrogen) atoms. The number of carbonyl (C=O) groups is 1. The first kappa shape index (κ1) is 12.4. The molecule has 1 aromatic rings. The molecule has 0 aliphatic heterocycles. The van der Waals surface area contributed by atoms with Crippen LogP contribution in [0.2, 0.25) is 0 Å². The van der Waals surface area contributed by atoms with Crippen LogP contribution in [0.25, 0.3) is 0 Å². The lowest BCUT2D eigenvalue weighted by molar-refractivity contribution is -0.128. The zero-order chi connectivity index (χ0) is 12.4. The molecule has 92 valence electrons. The second-order valence-electron chi connectivity index (χ2n) is 4.21. The minimum atomic E-state index is -0.321. The van der Waals surface area contributed by atoms with Crippen molar-refractivity contribution in [2.45, 2.75) is 18.9 Å². The number of amides is 1. The number of rotatable bonds is 4. The fraction of sp³-hybridized carbons (Fsp3) is 0.417. The van der Waals surface area contributed by atoms with Crippen molar-refractivity contribution in [1.29, 1.82) is 0 Å². The van der Waals surface area contributed by atoms with Crippen LogP contribution in [0, 0.1) is 5.82 Å². The Morgan fingerprint density at radius 3 is 2.94 bits per heavy atom. The zero-order valence-electron chi connectivity index (χ0n) is 9.54. The topological polar surface area (TPSA) is 32.3 Å². The lowest BCUT2D eigenvalue weighted by Gasteiger charge is -2.17. The highest BCUT2D eigenvalue weighted by Crippen LogP contribution is 2.26. The first-order valence-electron chi connectivity index (χ1n) is 5.52. The van der Waals surface area contributed by atoms with Gasteiger partial charge in [-0.1, -0.05) is 0 Å². The molecule has 3 nitrogen and oxygen atoms in total.